The molecule has 0 bridgehead atoms. The van der Waals surface area contributed by atoms with E-state index in [1.807, 2.05) is 0 Å². The van der Waals surface area contributed by atoms with Crippen LogP contribution in [0.3, 0.4) is 0 Å². The summed E-state index contributed by atoms with van der Waals surface area (Å²) in [5.41, 5.74) is -0.350. The van der Waals surface area contributed by atoms with Gasteiger partial charge in [-0.25, -0.2) is 0 Å². The Labute approximate surface area is 131 Å². The number of carbonyl (C=O) groups excluding carboxylic acids is 1. The van der Waals surface area contributed by atoms with Crippen molar-refractivity contribution in [1.29, 1.82) is 0 Å². The van der Waals surface area contributed by atoms with Crippen LogP contribution in [0.5, 0.6) is 0 Å². The first-order valence-corrected chi connectivity index (χ1v) is 7.19. The van der Waals surface area contributed by atoms with E-state index in [0.29, 0.717) is 5.56 Å². The largest absolute Gasteiger partial charge is 0.481 e. The van der Waals surface area contributed by atoms with Crippen LogP contribution in [0.2, 0.25) is 0 Å². The van der Waals surface area contributed by atoms with Crippen LogP contribution in [0.4, 0.5) is 13.2 Å². The maximum atomic E-state index is 13.0. The second-order valence-corrected chi connectivity index (χ2v) is 6.29. The zero-order chi connectivity index (χ0) is 17.4. The van der Waals surface area contributed by atoms with Gasteiger partial charge in [0.05, 0.1) is 17.3 Å². The van der Waals surface area contributed by atoms with Crippen molar-refractivity contribution in [3.05, 3.63) is 35.9 Å². The predicted molar refractivity (Wildman–Crippen MR) is 76.7 cm³/mol. The predicted octanol–water partition coefficient (Wildman–Crippen LogP) is 2.69. The first-order chi connectivity index (χ1) is 10.5. The highest BCUT2D eigenvalue weighted by Gasteiger charge is 2.54. The molecule has 1 amide bonds. The number of nitrogens with zero attached hydrogens (tertiary/aromatic N) is 1. The monoisotopic (exact) mass is 329 g/mol. The lowest BCUT2D eigenvalue weighted by Crippen LogP contribution is -2.43. The Morgan fingerprint density at radius 1 is 1.13 bits per heavy atom. The lowest BCUT2D eigenvalue weighted by atomic mass is 9.83. The number of amides is 1. The van der Waals surface area contributed by atoms with Gasteiger partial charge in [0.1, 0.15) is 0 Å². The fraction of sp³-hybridized carbons (Fsp3) is 0.500. The molecule has 0 spiro atoms. The molecule has 2 atom stereocenters. The summed E-state index contributed by atoms with van der Waals surface area (Å²) in [5, 5.41) is 9.03. The van der Waals surface area contributed by atoms with Crippen molar-refractivity contribution >= 4 is 11.9 Å². The van der Waals surface area contributed by atoms with E-state index in [4.69, 9.17) is 5.11 Å². The van der Waals surface area contributed by atoms with Gasteiger partial charge >= 0.3 is 12.1 Å². The summed E-state index contributed by atoms with van der Waals surface area (Å²) in [6, 6.07) is 8.72. The quantitative estimate of drug-likeness (QED) is 0.927. The number of carboxylic acids is 1. The van der Waals surface area contributed by atoms with E-state index >= 15 is 0 Å². The highest BCUT2D eigenvalue weighted by atomic mass is 19.4. The molecule has 1 saturated heterocycles. The lowest BCUT2D eigenvalue weighted by Gasteiger charge is -2.30. The minimum atomic E-state index is -4.64. The van der Waals surface area contributed by atoms with Gasteiger partial charge in [-0.15, -0.1) is 0 Å². The van der Waals surface area contributed by atoms with Crippen molar-refractivity contribution in [3.63, 3.8) is 0 Å². The van der Waals surface area contributed by atoms with E-state index in [2.05, 4.69) is 0 Å². The average Bonchev–Trinajstić information content (AvgIpc) is 2.92. The number of rotatable bonds is 3. The summed E-state index contributed by atoms with van der Waals surface area (Å²) in [4.78, 5) is 24.8. The van der Waals surface area contributed by atoms with Crippen molar-refractivity contribution in [1.82, 2.24) is 4.90 Å². The first-order valence-electron chi connectivity index (χ1n) is 7.19. The van der Waals surface area contributed by atoms with Gasteiger partial charge in [0.25, 0.3) is 0 Å². The molecular formula is C16H18F3NO3. The van der Waals surface area contributed by atoms with Crippen molar-refractivity contribution in [2.24, 2.45) is 11.8 Å². The van der Waals surface area contributed by atoms with Crippen molar-refractivity contribution in [2.45, 2.75) is 25.4 Å². The van der Waals surface area contributed by atoms with Crippen LogP contribution in [0, 0.1) is 11.8 Å². The summed E-state index contributed by atoms with van der Waals surface area (Å²) < 4.78 is 39.1. The van der Waals surface area contributed by atoms with E-state index in [-0.39, 0.29) is 0 Å². The maximum Gasteiger partial charge on any atom is 0.394 e. The molecule has 1 N–H and O–H groups in total. The molecule has 0 unspecified atom stereocenters. The number of halogens is 3. The van der Waals surface area contributed by atoms with Gasteiger partial charge in [-0.2, -0.15) is 13.2 Å². The molecule has 126 valence electrons. The number of hydrogen-bond donors (Lipinski definition) is 1. The van der Waals surface area contributed by atoms with Gasteiger partial charge in [0, 0.05) is 13.1 Å². The minimum absolute atomic E-state index is 0.422. The van der Waals surface area contributed by atoms with E-state index in [9.17, 15) is 22.8 Å². The highest BCUT2D eigenvalue weighted by Crippen LogP contribution is 2.39. The minimum Gasteiger partial charge on any atom is -0.481 e. The molecule has 0 radical (unpaired) electrons. The van der Waals surface area contributed by atoms with E-state index in [1.54, 1.807) is 44.2 Å². The molecule has 4 nitrogen and oxygen atoms in total. The fourth-order valence-electron chi connectivity index (χ4n) is 2.93. The van der Waals surface area contributed by atoms with Crippen LogP contribution in [0.1, 0.15) is 19.4 Å². The molecule has 0 aromatic heterocycles. The number of likely N-dealkylation sites (tertiary alicyclic amines) is 1. The average molecular weight is 329 g/mol. The van der Waals surface area contributed by atoms with Gasteiger partial charge in [0.2, 0.25) is 5.91 Å². The Kier molecular flexibility index (Phi) is 4.41. The van der Waals surface area contributed by atoms with Gasteiger partial charge in [0.15, 0.2) is 0 Å². The fourth-order valence-corrected chi connectivity index (χ4v) is 2.93. The number of aliphatic carboxylic acids is 1. The SMILES string of the molecule is CC(C)(C(=O)N1C[C@@H](C(F)(F)F)[C@H](C(=O)O)C1)c1ccccc1. The van der Waals surface area contributed by atoms with Crippen LogP contribution in [0.25, 0.3) is 0 Å². The van der Waals surface area contributed by atoms with Crippen molar-refractivity contribution in [3.8, 4) is 0 Å². The van der Waals surface area contributed by atoms with E-state index in [1.165, 1.54) is 0 Å². The Morgan fingerprint density at radius 3 is 2.13 bits per heavy atom. The first kappa shape index (κ1) is 17.3. The van der Waals surface area contributed by atoms with Crippen LogP contribution >= 0.6 is 0 Å². The Morgan fingerprint density at radius 2 is 1.70 bits per heavy atom. The lowest BCUT2D eigenvalue weighted by molar-refractivity contribution is -0.188. The number of carboxylic acid groups (broad SMARTS) is 1. The third-order valence-electron chi connectivity index (χ3n) is 4.37. The number of carbonyl (C=O) groups is 2. The molecular weight excluding hydrogens is 311 g/mol. The van der Waals surface area contributed by atoms with E-state index in [0.717, 1.165) is 4.90 Å². The van der Waals surface area contributed by atoms with Crippen molar-refractivity contribution < 1.29 is 27.9 Å². The molecule has 1 heterocycles. The summed E-state index contributed by atoms with van der Waals surface area (Å²) in [6.45, 7) is 2.22. The summed E-state index contributed by atoms with van der Waals surface area (Å²) in [6.07, 6.45) is -4.64. The summed E-state index contributed by atoms with van der Waals surface area (Å²) in [7, 11) is 0. The van der Waals surface area contributed by atoms with Crippen LogP contribution < -0.4 is 0 Å². The number of hydrogen-bond acceptors (Lipinski definition) is 2. The van der Waals surface area contributed by atoms with Crippen LogP contribution in [0.15, 0.2) is 30.3 Å². The molecule has 1 aliphatic rings. The molecule has 2 rings (SSSR count). The number of benzene rings is 1. The Balaban J connectivity index is 2.25. The Bertz CT molecular complexity index is 598. The molecule has 0 aliphatic carbocycles. The molecule has 1 aliphatic heterocycles. The van der Waals surface area contributed by atoms with Crippen LogP contribution in [-0.4, -0.2) is 41.1 Å². The van der Waals surface area contributed by atoms with Gasteiger partial charge < -0.3 is 10.0 Å². The Hall–Kier alpha value is -2.05. The van der Waals surface area contributed by atoms with Crippen molar-refractivity contribution in [2.75, 3.05) is 13.1 Å². The topological polar surface area (TPSA) is 57.6 Å². The molecule has 7 heteroatoms. The van der Waals surface area contributed by atoms with Crippen LogP contribution in [-0.2, 0) is 15.0 Å². The second kappa shape index (κ2) is 5.86. The highest BCUT2D eigenvalue weighted by molar-refractivity contribution is 5.88. The molecule has 0 saturated carbocycles. The molecule has 23 heavy (non-hydrogen) atoms. The zero-order valence-electron chi connectivity index (χ0n) is 12.8. The third-order valence-corrected chi connectivity index (χ3v) is 4.37. The van der Waals surface area contributed by atoms with E-state index < -0.39 is 48.4 Å². The second-order valence-electron chi connectivity index (χ2n) is 6.29. The van der Waals surface area contributed by atoms with Gasteiger partial charge in [-0.1, -0.05) is 30.3 Å². The number of alkyl halides is 3. The molecule has 1 aromatic carbocycles. The standard InChI is InChI=1S/C16H18F3NO3/c1-15(2,10-6-4-3-5-7-10)14(23)20-8-11(13(21)22)12(9-20)16(17,18)19/h3-7,11-12H,8-9H2,1-2H3,(H,21,22)/t11-,12-/m1/s1. The zero-order valence-corrected chi connectivity index (χ0v) is 12.8. The normalized spacial score (nSPS) is 22.2. The molecule has 1 aromatic rings. The van der Waals surface area contributed by atoms with Gasteiger partial charge in [-0.05, 0) is 19.4 Å². The third kappa shape index (κ3) is 3.33. The maximum absolute atomic E-state index is 13.0. The molecule has 1 fully saturated rings. The smallest absolute Gasteiger partial charge is 0.394 e. The summed E-state index contributed by atoms with van der Waals surface area (Å²) in [5.74, 6) is -5.68. The summed E-state index contributed by atoms with van der Waals surface area (Å²) >= 11 is 0. The van der Waals surface area contributed by atoms with Gasteiger partial charge in [-0.3, -0.25) is 9.59 Å².